The molecule has 2 aliphatic rings. The number of rotatable bonds is 10. The highest BCUT2D eigenvalue weighted by Gasteiger charge is 2.53. The van der Waals surface area contributed by atoms with E-state index >= 15 is 0 Å². The Hall–Kier alpha value is 0.124. The van der Waals surface area contributed by atoms with Gasteiger partial charge in [-0.15, -0.1) is 0 Å². The summed E-state index contributed by atoms with van der Waals surface area (Å²) in [4.78, 5) is 0. The normalized spacial score (nSPS) is 37.5. The summed E-state index contributed by atoms with van der Waals surface area (Å²) in [6.45, 7) is 23.6. The smallest absolute Gasteiger partial charge is 0.201 e. The summed E-state index contributed by atoms with van der Waals surface area (Å²) >= 11 is 0. The summed E-state index contributed by atoms with van der Waals surface area (Å²) in [5.41, 5.74) is -0.783. The Kier molecular flexibility index (Phi) is 10.6. The molecule has 0 radical (unpaired) electrons. The highest BCUT2D eigenvalue weighted by Crippen LogP contribution is 2.43. The molecule has 2 rings (SSSR count). The van der Waals surface area contributed by atoms with Crippen molar-refractivity contribution in [3.05, 3.63) is 0 Å². The molecule has 35 heavy (non-hydrogen) atoms. The van der Waals surface area contributed by atoms with Crippen molar-refractivity contribution in [3.63, 3.8) is 0 Å². The van der Waals surface area contributed by atoms with Crippen LogP contribution < -0.4 is 0 Å². The second-order valence-corrected chi connectivity index (χ2v) is 21.7. The minimum atomic E-state index is -2.02. The lowest BCUT2D eigenvalue weighted by Crippen LogP contribution is -2.63. The molecule has 0 N–H and O–H groups in total. The van der Waals surface area contributed by atoms with Gasteiger partial charge in [-0.2, -0.15) is 0 Å². The number of hydrogen-bond donors (Lipinski definition) is 0. The van der Waals surface area contributed by atoms with Gasteiger partial charge in [-0.25, -0.2) is 4.39 Å². The van der Waals surface area contributed by atoms with E-state index in [2.05, 4.69) is 54.6 Å². The first kappa shape index (κ1) is 31.3. The van der Waals surface area contributed by atoms with E-state index in [1.807, 2.05) is 20.8 Å². The second-order valence-electron chi connectivity index (χ2n) is 12.3. The molecule has 2 heterocycles. The van der Waals surface area contributed by atoms with Gasteiger partial charge in [0.05, 0.1) is 30.0 Å². The molecule has 0 unspecified atom stereocenters. The topological polar surface area (TPSA) is 55.4 Å². The van der Waals surface area contributed by atoms with E-state index in [-0.39, 0.29) is 29.8 Å². The molecule has 0 saturated carbocycles. The molecular weight excluding hydrogens is 483 g/mol. The second kappa shape index (κ2) is 11.9. The lowest BCUT2D eigenvalue weighted by Gasteiger charge is -2.51. The third-order valence-electron chi connectivity index (χ3n) is 8.80. The molecule has 2 saturated heterocycles. The van der Waals surface area contributed by atoms with E-state index in [0.29, 0.717) is 6.42 Å². The zero-order chi connectivity index (χ0) is 26.8. The van der Waals surface area contributed by atoms with E-state index in [0.717, 1.165) is 18.1 Å². The Morgan fingerprint density at radius 2 is 1.57 bits per heavy atom. The molecule has 0 bridgehead atoms. The zero-order valence-corrected chi connectivity index (χ0v) is 26.4. The van der Waals surface area contributed by atoms with E-state index in [9.17, 15) is 4.39 Å². The van der Waals surface area contributed by atoms with Gasteiger partial charge in [0.15, 0.2) is 22.9 Å². The van der Waals surface area contributed by atoms with Gasteiger partial charge in [0.1, 0.15) is 6.10 Å². The van der Waals surface area contributed by atoms with Crippen LogP contribution in [0.15, 0.2) is 0 Å². The Morgan fingerprint density at radius 3 is 2.06 bits per heavy atom. The molecule has 2 aliphatic heterocycles. The fourth-order valence-electron chi connectivity index (χ4n) is 5.27. The average molecular weight is 537 g/mol. The van der Waals surface area contributed by atoms with E-state index in [4.69, 9.17) is 27.8 Å². The van der Waals surface area contributed by atoms with Crippen LogP contribution in [-0.4, -0.2) is 72.5 Å². The molecule has 6 nitrogen and oxygen atoms in total. The SMILES string of the molecule is CC[Si](CC)(CC)O[C@@]1(C)C[C@@H](F)O[C@@H](C)[C@@H]1O[C@H]1C[C@@H](OC)[C@H](O[Si](C)(C)C(C)(C)C)[C@@H](C)O1. The van der Waals surface area contributed by atoms with Crippen LogP contribution in [0, 0.1) is 0 Å². The van der Waals surface area contributed by atoms with E-state index in [1.54, 1.807) is 7.11 Å². The molecule has 0 aromatic carbocycles. The van der Waals surface area contributed by atoms with Crippen LogP contribution in [0.5, 0.6) is 0 Å². The van der Waals surface area contributed by atoms with Crippen molar-refractivity contribution in [1.29, 1.82) is 0 Å². The maximum absolute atomic E-state index is 14.6. The van der Waals surface area contributed by atoms with Crippen molar-refractivity contribution >= 4 is 16.6 Å². The van der Waals surface area contributed by atoms with Gasteiger partial charge in [0.25, 0.3) is 0 Å². The maximum Gasteiger partial charge on any atom is 0.201 e. The Labute approximate surface area is 216 Å². The fourth-order valence-corrected chi connectivity index (χ4v) is 9.77. The summed E-state index contributed by atoms with van der Waals surface area (Å²) in [5.74, 6) is 0. The van der Waals surface area contributed by atoms with Crippen molar-refractivity contribution in [2.75, 3.05) is 7.11 Å². The summed E-state index contributed by atoms with van der Waals surface area (Å²) < 4.78 is 52.7. The van der Waals surface area contributed by atoms with Crippen molar-refractivity contribution < 1.29 is 32.2 Å². The molecule has 208 valence electrons. The molecule has 8 atom stereocenters. The molecule has 2 fully saturated rings. The van der Waals surface area contributed by atoms with Crippen LogP contribution in [0.3, 0.4) is 0 Å². The fraction of sp³-hybridized carbons (Fsp3) is 1.00. The third-order valence-corrected chi connectivity index (χ3v) is 18.0. The van der Waals surface area contributed by atoms with Gasteiger partial charge in [-0.3, -0.25) is 0 Å². The number of hydrogen-bond acceptors (Lipinski definition) is 6. The Bertz CT molecular complexity index is 662. The van der Waals surface area contributed by atoms with Crippen LogP contribution in [0.4, 0.5) is 4.39 Å². The zero-order valence-electron chi connectivity index (χ0n) is 24.4. The number of halogens is 1. The first-order valence-electron chi connectivity index (χ1n) is 13.6. The Morgan fingerprint density at radius 1 is 1.00 bits per heavy atom. The number of methoxy groups -OCH3 is 1. The highest BCUT2D eigenvalue weighted by atomic mass is 28.4. The van der Waals surface area contributed by atoms with Gasteiger partial charge in [-0.1, -0.05) is 41.5 Å². The minimum absolute atomic E-state index is 0.0868. The number of ether oxygens (including phenoxy) is 4. The standard InChI is InChI=1S/C26H53FO6Si2/c1-13-35(14-2,15-3)33-26(9)17-21(27)29-19(5)24(26)31-22-16-20(28-10)23(18(4)30-22)32-34(11,12)25(6,7)8/h18-24H,13-17H2,1-12H3/t18-,19+,20-,21+,22+,23-,24+,26+/m1/s1. The van der Waals surface area contributed by atoms with Crippen LogP contribution >= 0.6 is 0 Å². The van der Waals surface area contributed by atoms with E-state index in [1.165, 1.54) is 0 Å². The predicted octanol–water partition coefficient (Wildman–Crippen LogP) is 6.80. The first-order valence-corrected chi connectivity index (χ1v) is 19.0. The summed E-state index contributed by atoms with van der Waals surface area (Å²) in [6, 6.07) is 2.97. The highest BCUT2D eigenvalue weighted by molar-refractivity contribution is 6.74. The number of alkyl halides is 1. The van der Waals surface area contributed by atoms with Crippen LogP contribution in [0.2, 0.25) is 36.3 Å². The summed E-state index contributed by atoms with van der Waals surface area (Å²) in [5, 5.41) is 0.0868. The summed E-state index contributed by atoms with van der Waals surface area (Å²) in [7, 11) is -2.31. The van der Waals surface area contributed by atoms with Gasteiger partial charge >= 0.3 is 0 Å². The van der Waals surface area contributed by atoms with E-state index < -0.39 is 47.1 Å². The van der Waals surface area contributed by atoms with Crippen LogP contribution in [0.1, 0.15) is 75.2 Å². The maximum atomic E-state index is 14.6. The molecular formula is C26H53FO6Si2. The van der Waals surface area contributed by atoms with Gasteiger partial charge in [-0.05, 0) is 57.0 Å². The minimum Gasteiger partial charge on any atom is -0.409 e. The predicted molar refractivity (Wildman–Crippen MR) is 143 cm³/mol. The quantitative estimate of drug-likeness (QED) is 0.286. The molecule has 0 spiro atoms. The average Bonchev–Trinajstić information content (AvgIpc) is 2.75. The van der Waals surface area contributed by atoms with Crippen LogP contribution in [0.25, 0.3) is 0 Å². The monoisotopic (exact) mass is 536 g/mol. The van der Waals surface area contributed by atoms with Crippen molar-refractivity contribution in [2.45, 2.75) is 160 Å². The van der Waals surface area contributed by atoms with Crippen molar-refractivity contribution in [2.24, 2.45) is 0 Å². The molecule has 0 aromatic heterocycles. The van der Waals surface area contributed by atoms with Crippen LogP contribution in [-0.2, 0) is 27.8 Å². The molecule has 0 aliphatic carbocycles. The van der Waals surface area contributed by atoms with Crippen molar-refractivity contribution in [3.8, 4) is 0 Å². The van der Waals surface area contributed by atoms with Gasteiger partial charge in [0, 0.05) is 20.0 Å². The molecule has 0 aromatic rings. The first-order chi connectivity index (χ1) is 16.1. The van der Waals surface area contributed by atoms with Gasteiger partial charge < -0.3 is 27.8 Å². The van der Waals surface area contributed by atoms with Gasteiger partial charge in [0.2, 0.25) is 6.36 Å². The Balaban J connectivity index is 2.23. The van der Waals surface area contributed by atoms with Crippen molar-refractivity contribution in [1.82, 2.24) is 0 Å². The largest absolute Gasteiger partial charge is 0.409 e. The molecule has 0 amide bonds. The lowest BCUT2D eigenvalue weighted by atomic mass is 9.89. The lowest BCUT2D eigenvalue weighted by molar-refractivity contribution is -0.314. The summed E-state index contributed by atoms with van der Waals surface area (Å²) in [6.07, 6.45) is -2.61. The third kappa shape index (κ3) is 7.16. The molecule has 9 heteroatoms.